The van der Waals surface area contributed by atoms with Gasteiger partial charge in [0, 0.05) is 25.3 Å². The van der Waals surface area contributed by atoms with Crippen molar-refractivity contribution in [1.29, 1.82) is 0 Å². The van der Waals surface area contributed by atoms with Gasteiger partial charge in [-0.3, -0.25) is 0 Å². The highest BCUT2D eigenvalue weighted by molar-refractivity contribution is 7.99. The highest BCUT2D eigenvalue weighted by atomic mass is 35.5. The maximum atomic E-state index is 5.75. The van der Waals surface area contributed by atoms with Crippen molar-refractivity contribution in [3.8, 4) is 11.5 Å². The van der Waals surface area contributed by atoms with Crippen LogP contribution in [-0.4, -0.2) is 47.3 Å². The predicted octanol–water partition coefficient (Wildman–Crippen LogP) is 2.88. The lowest BCUT2D eigenvalue weighted by molar-refractivity contribution is 0.342. The number of rotatable bonds is 7. The summed E-state index contributed by atoms with van der Waals surface area (Å²) in [5, 5.41) is 13.1. The molecule has 0 aliphatic carbocycles. The molecule has 2 aromatic rings. The third kappa shape index (κ3) is 5.26. The van der Waals surface area contributed by atoms with Crippen molar-refractivity contribution in [2.45, 2.75) is 23.9 Å². The van der Waals surface area contributed by atoms with Gasteiger partial charge in [0.2, 0.25) is 0 Å². The second-order valence-corrected chi connectivity index (χ2v) is 6.88. The summed E-state index contributed by atoms with van der Waals surface area (Å²) in [6.45, 7) is 2.74. The van der Waals surface area contributed by atoms with Gasteiger partial charge in [0.15, 0.2) is 5.16 Å². The fraction of sp³-hybridized carbons (Fsp3) is 0.529. The Morgan fingerprint density at radius 2 is 2.00 bits per heavy atom. The average molecular weight is 385 g/mol. The molecule has 1 aromatic heterocycles. The number of piperidine rings is 1. The molecule has 2 heterocycles. The third-order valence-electron chi connectivity index (χ3n) is 4.17. The number of aromatic nitrogens is 3. The Morgan fingerprint density at radius 3 is 2.68 bits per heavy atom. The molecule has 0 radical (unpaired) electrons. The fourth-order valence-electron chi connectivity index (χ4n) is 2.84. The molecule has 1 aliphatic heterocycles. The van der Waals surface area contributed by atoms with Crippen LogP contribution in [0.15, 0.2) is 29.4 Å². The van der Waals surface area contributed by atoms with Gasteiger partial charge < -0.3 is 19.4 Å². The molecule has 138 valence electrons. The maximum absolute atomic E-state index is 5.75. The maximum Gasteiger partial charge on any atom is 0.191 e. The Bertz CT molecular complexity index is 645. The summed E-state index contributed by atoms with van der Waals surface area (Å²) < 4.78 is 13.0. The zero-order valence-corrected chi connectivity index (χ0v) is 16.2. The number of ether oxygens (including phenoxy) is 2. The molecule has 0 saturated carbocycles. The summed E-state index contributed by atoms with van der Waals surface area (Å²) in [6, 6.07) is 7.63. The second-order valence-electron chi connectivity index (χ2n) is 5.82. The van der Waals surface area contributed by atoms with E-state index in [-0.39, 0.29) is 12.4 Å². The van der Waals surface area contributed by atoms with Crippen LogP contribution in [0.25, 0.3) is 0 Å². The van der Waals surface area contributed by atoms with Gasteiger partial charge in [0.25, 0.3) is 0 Å². The average Bonchev–Trinajstić information content (AvgIpc) is 3.00. The first-order valence-electron chi connectivity index (χ1n) is 8.27. The van der Waals surface area contributed by atoms with Crippen molar-refractivity contribution >= 4 is 24.2 Å². The summed E-state index contributed by atoms with van der Waals surface area (Å²) in [6.07, 6.45) is 2.39. The van der Waals surface area contributed by atoms with Crippen LogP contribution in [0, 0.1) is 0 Å². The fourth-order valence-corrected chi connectivity index (χ4v) is 3.58. The van der Waals surface area contributed by atoms with Crippen molar-refractivity contribution in [2.24, 2.45) is 7.05 Å². The summed E-state index contributed by atoms with van der Waals surface area (Å²) >= 11 is 1.68. The first-order chi connectivity index (χ1) is 11.8. The molecule has 1 aromatic carbocycles. The molecule has 25 heavy (non-hydrogen) atoms. The topological polar surface area (TPSA) is 61.2 Å². The number of thioether (sulfide) groups is 1. The molecule has 6 nitrogen and oxygen atoms in total. The standard InChI is InChI=1S/C17H24N4O2S.ClH/c1-21-16(13-4-3-9-18-12-13)19-20-17(21)24-11-10-23-15-7-5-14(22-2)6-8-15;/h5-8,13,18H,3-4,9-12H2,1-2H3;1H. The number of methoxy groups -OCH3 is 1. The van der Waals surface area contributed by atoms with Gasteiger partial charge >= 0.3 is 0 Å². The third-order valence-corrected chi connectivity index (χ3v) is 5.16. The van der Waals surface area contributed by atoms with E-state index in [1.54, 1.807) is 18.9 Å². The molecule has 3 rings (SSSR count). The lowest BCUT2D eigenvalue weighted by Crippen LogP contribution is -2.29. The number of hydrogen-bond acceptors (Lipinski definition) is 6. The van der Waals surface area contributed by atoms with E-state index in [9.17, 15) is 0 Å². The van der Waals surface area contributed by atoms with Crippen LogP contribution in [0.3, 0.4) is 0 Å². The van der Waals surface area contributed by atoms with Crippen molar-refractivity contribution in [1.82, 2.24) is 20.1 Å². The summed E-state index contributed by atoms with van der Waals surface area (Å²) in [5.74, 6) is 4.08. The summed E-state index contributed by atoms with van der Waals surface area (Å²) in [4.78, 5) is 0. The zero-order valence-electron chi connectivity index (χ0n) is 14.6. The number of halogens is 1. The number of nitrogens with zero attached hydrogens (tertiary/aromatic N) is 3. The highest BCUT2D eigenvalue weighted by Crippen LogP contribution is 2.25. The van der Waals surface area contributed by atoms with Crippen molar-refractivity contribution in [3.05, 3.63) is 30.1 Å². The van der Waals surface area contributed by atoms with Crippen LogP contribution in [0.2, 0.25) is 0 Å². The molecule has 1 fully saturated rings. The van der Waals surface area contributed by atoms with Crippen LogP contribution in [0.5, 0.6) is 11.5 Å². The minimum atomic E-state index is 0. The van der Waals surface area contributed by atoms with Gasteiger partial charge in [-0.05, 0) is 43.7 Å². The minimum Gasteiger partial charge on any atom is -0.497 e. The molecule has 0 bridgehead atoms. The van der Waals surface area contributed by atoms with E-state index in [1.807, 2.05) is 24.3 Å². The van der Waals surface area contributed by atoms with E-state index in [0.717, 1.165) is 41.3 Å². The van der Waals surface area contributed by atoms with Gasteiger partial charge in [-0.15, -0.1) is 22.6 Å². The van der Waals surface area contributed by atoms with E-state index in [4.69, 9.17) is 9.47 Å². The summed E-state index contributed by atoms with van der Waals surface area (Å²) in [7, 11) is 3.71. The molecular formula is C17H25ClN4O2S. The van der Waals surface area contributed by atoms with Crippen LogP contribution < -0.4 is 14.8 Å². The lowest BCUT2D eigenvalue weighted by atomic mass is 9.99. The first kappa shape index (κ1) is 19.9. The van der Waals surface area contributed by atoms with E-state index in [2.05, 4.69) is 27.1 Å². The number of benzene rings is 1. The quantitative estimate of drug-likeness (QED) is 0.585. The smallest absolute Gasteiger partial charge is 0.191 e. The van der Waals surface area contributed by atoms with Gasteiger partial charge in [-0.2, -0.15) is 0 Å². The van der Waals surface area contributed by atoms with Crippen LogP contribution >= 0.6 is 24.2 Å². The molecular weight excluding hydrogens is 360 g/mol. The Hall–Kier alpha value is -1.44. The van der Waals surface area contributed by atoms with Crippen LogP contribution in [-0.2, 0) is 7.05 Å². The van der Waals surface area contributed by atoms with E-state index in [0.29, 0.717) is 12.5 Å². The predicted molar refractivity (Wildman–Crippen MR) is 102 cm³/mol. The lowest BCUT2D eigenvalue weighted by Gasteiger charge is -2.21. The Balaban J connectivity index is 0.00000225. The van der Waals surface area contributed by atoms with Crippen molar-refractivity contribution in [2.75, 3.05) is 32.6 Å². The summed E-state index contributed by atoms with van der Waals surface area (Å²) in [5.41, 5.74) is 0. The zero-order chi connectivity index (χ0) is 16.8. The Morgan fingerprint density at radius 1 is 1.24 bits per heavy atom. The molecule has 8 heteroatoms. The van der Waals surface area contributed by atoms with Crippen LogP contribution in [0.1, 0.15) is 24.6 Å². The second kappa shape index (κ2) is 9.89. The SMILES string of the molecule is COc1ccc(OCCSc2nnc(C3CCCNC3)n2C)cc1.Cl. The molecule has 1 N–H and O–H groups in total. The molecule has 0 spiro atoms. The number of hydrogen-bond donors (Lipinski definition) is 1. The first-order valence-corrected chi connectivity index (χ1v) is 9.26. The van der Waals surface area contributed by atoms with Crippen molar-refractivity contribution in [3.63, 3.8) is 0 Å². The van der Waals surface area contributed by atoms with Gasteiger partial charge in [0.05, 0.1) is 13.7 Å². The largest absolute Gasteiger partial charge is 0.497 e. The number of nitrogens with one attached hydrogen (secondary N) is 1. The van der Waals surface area contributed by atoms with Crippen LogP contribution in [0.4, 0.5) is 0 Å². The van der Waals surface area contributed by atoms with E-state index >= 15 is 0 Å². The molecule has 1 unspecified atom stereocenters. The molecule has 1 aliphatic rings. The Kier molecular flexibility index (Phi) is 7.87. The minimum absolute atomic E-state index is 0. The Labute approximate surface area is 159 Å². The van der Waals surface area contributed by atoms with Gasteiger partial charge in [0.1, 0.15) is 17.3 Å². The normalized spacial score (nSPS) is 17.0. The van der Waals surface area contributed by atoms with E-state index in [1.165, 1.54) is 12.8 Å². The highest BCUT2D eigenvalue weighted by Gasteiger charge is 2.21. The van der Waals surface area contributed by atoms with Gasteiger partial charge in [-0.1, -0.05) is 11.8 Å². The molecule has 1 saturated heterocycles. The monoisotopic (exact) mass is 384 g/mol. The van der Waals surface area contributed by atoms with E-state index < -0.39 is 0 Å². The van der Waals surface area contributed by atoms with Gasteiger partial charge in [-0.25, -0.2) is 0 Å². The van der Waals surface area contributed by atoms with Crippen molar-refractivity contribution < 1.29 is 9.47 Å². The molecule has 1 atom stereocenters. The molecule has 0 amide bonds.